The van der Waals surface area contributed by atoms with Gasteiger partial charge in [0.05, 0.1) is 11.4 Å². The van der Waals surface area contributed by atoms with Crippen molar-refractivity contribution in [1.82, 2.24) is 14.1 Å². The number of carboxylic acid groups (broad SMARTS) is 1. The van der Waals surface area contributed by atoms with Crippen LogP contribution in [0.3, 0.4) is 0 Å². The van der Waals surface area contributed by atoms with Crippen molar-refractivity contribution in [2.24, 2.45) is 0 Å². The number of carbonyl (C=O) groups is 1. The first-order valence-corrected chi connectivity index (χ1v) is 7.04. The van der Waals surface area contributed by atoms with E-state index in [1.807, 2.05) is 0 Å². The molecule has 0 amide bonds. The summed E-state index contributed by atoms with van der Waals surface area (Å²) in [6, 6.07) is 0. The van der Waals surface area contributed by atoms with Crippen molar-refractivity contribution in [2.75, 3.05) is 13.1 Å². The van der Waals surface area contributed by atoms with Crippen LogP contribution in [-0.2, 0) is 21.4 Å². The van der Waals surface area contributed by atoms with Gasteiger partial charge < -0.3 is 5.11 Å². The lowest BCUT2D eigenvalue weighted by atomic mass is 10.3. The van der Waals surface area contributed by atoms with E-state index in [1.54, 1.807) is 13.8 Å². The van der Waals surface area contributed by atoms with E-state index in [4.69, 9.17) is 5.11 Å². The quantitative estimate of drug-likeness (QED) is 0.832. The molecule has 0 radical (unpaired) electrons. The van der Waals surface area contributed by atoms with Gasteiger partial charge in [-0.3, -0.25) is 9.48 Å². The van der Waals surface area contributed by atoms with Gasteiger partial charge in [0.2, 0.25) is 10.0 Å². The third kappa shape index (κ3) is 2.01. The van der Waals surface area contributed by atoms with Crippen molar-refractivity contribution >= 4 is 16.0 Å². The van der Waals surface area contributed by atoms with Crippen molar-refractivity contribution in [3.63, 3.8) is 0 Å². The zero-order valence-corrected chi connectivity index (χ0v) is 11.1. The summed E-state index contributed by atoms with van der Waals surface area (Å²) in [5.41, 5.74) is 0.724. The number of rotatable bonds is 4. The van der Waals surface area contributed by atoms with E-state index in [2.05, 4.69) is 5.10 Å². The molecule has 0 aliphatic carbocycles. The number of hydrogen-bond acceptors (Lipinski definition) is 4. The number of hydrogen-bond donors (Lipinski definition) is 1. The van der Waals surface area contributed by atoms with E-state index in [0.717, 1.165) is 6.42 Å². The molecule has 18 heavy (non-hydrogen) atoms. The van der Waals surface area contributed by atoms with Crippen LogP contribution in [0.15, 0.2) is 4.90 Å². The number of nitrogens with zero attached hydrogens (tertiary/aromatic N) is 3. The summed E-state index contributed by atoms with van der Waals surface area (Å²) in [6.45, 7) is 3.87. The van der Waals surface area contributed by atoms with E-state index in [-0.39, 0.29) is 11.4 Å². The van der Waals surface area contributed by atoms with Crippen molar-refractivity contribution in [3.8, 4) is 0 Å². The number of sulfonamides is 1. The number of aliphatic carboxylic acids is 1. The first-order chi connectivity index (χ1) is 8.34. The third-order valence-corrected chi connectivity index (χ3v) is 5.16. The van der Waals surface area contributed by atoms with Gasteiger partial charge in [-0.25, -0.2) is 8.42 Å². The lowest BCUT2D eigenvalue weighted by molar-refractivity contribution is -0.137. The van der Waals surface area contributed by atoms with Crippen LogP contribution in [0.1, 0.15) is 17.8 Å². The highest BCUT2D eigenvalue weighted by Crippen LogP contribution is 2.26. The highest BCUT2D eigenvalue weighted by molar-refractivity contribution is 7.89. The molecule has 0 atom stereocenters. The SMILES string of the molecule is Cc1nn(CC(=O)O)c(C)c1S(=O)(=O)N1CCC1. The van der Waals surface area contributed by atoms with E-state index in [9.17, 15) is 13.2 Å². The normalized spacial score (nSPS) is 16.6. The van der Waals surface area contributed by atoms with Gasteiger partial charge >= 0.3 is 5.97 Å². The van der Waals surface area contributed by atoms with Crippen LogP contribution < -0.4 is 0 Å². The predicted molar refractivity (Wildman–Crippen MR) is 62.7 cm³/mol. The minimum absolute atomic E-state index is 0.142. The summed E-state index contributed by atoms with van der Waals surface area (Å²) in [6.07, 6.45) is 0.862. The Balaban J connectivity index is 2.45. The minimum Gasteiger partial charge on any atom is -0.480 e. The first-order valence-electron chi connectivity index (χ1n) is 5.60. The molecule has 0 aromatic carbocycles. The Bertz CT molecular complexity index is 587. The van der Waals surface area contributed by atoms with E-state index < -0.39 is 16.0 Å². The van der Waals surface area contributed by atoms with Crippen LogP contribution in [0.25, 0.3) is 0 Å². The average molecular weight is 273 g/mol. The van der Waals surface area contributed by atoms with Crippen LogP contribution in [-0.4, -0.2) is 46.7 Å². The molecule has 100 valence electrons. The summed E-state index contributed by atoms with van der Waals surface area (Å²) in [5, 5.41) is 12.7. The maximum absolute atomic E-state index is 12.3. The van der Waals surface area contributed by atoms with Crippen molar-refractivity contribution in [1.29, 1.82) is 0 Å². The largest absolute Gasteiger partial charge is 0.480 e. The van der Waals surface area contributed by atoms with Crippen molar-refractivity contribution in [2.45, 2.75) is 31.7 Å². The van der Waals surface area contributed by atoms with Gasteiger partial charge in [0.25, 0.3) is 0 Å². The van der Waals surface area contributed by atoms with E-state index >= 15 is 0 Å². The predicted octanol–water partition coefficient (Wildman–Crippen LogP) is -0.0211. The number of aryl methyl sites for hydroxylation is 1. The van der Waals surface area contributed by atoms with Crippen LogP contribution in [0.2, 0.25) is 0 Å². The number of aromatic nitrogens is 2. The molecule has 1 aromatic rings. The smallest absolute Gasteiger partial charge is 0.325 e. The Morgan fingerprint density at radius 2 is 2.00 bits per heavy atom. The number of carboxylic acids is 1. The van der Waals surface area contributed by atoms with Gasteiger partial charge in [0.15, 0.2) is 0 Å². The first kappa shape index (κ1) is 13.0. The molecule has 1 fully saturated rings. The van der Waals surface area contributed by atoms with Crippen LogP contribution in [0.4, 0.5) is 0 Å². The molecule has 0 bridgehead atoms. The Kier molecular flexibility index (Phi) is 3.16. The summed E-state index contributed by atoms with van der Waals surface area (Å²) in [5.74, 6) is -1.05. The second-order valence-electron chi connectivity index (χ2n) is 4.31. The lowest BCUT2D eigenvalue weighted by Gasteiger charge is -2.29. The Morgan fingerprint density at radius 3 is 2.44 bits per heavy atom. The maximum atomic E-state index is 12.3. The van der Waals surface area contributed by atoms with Crippen molar-refractivity contribution < 1.29 is 18.3 Å². The van der Waals surface area contributed by atoms with Gasteiger partial charge in [-0.05, 0) is 20.3 Å². The molecular formula is C10H15N3O4S. The van der Waals surface area contributed by atoms with Gasteiger partial charge in [-0.2, -0.15) is 9.40 Å². The van der Waals surface area contributed by atoms with Gasteiger partial charge in [0, 0.05) is 13.1 Å². The highest BCUT2D eigenvalue weighted by atomic mass is 32.2. The van der Waals surface area contributed by atoms with Crippen LogP contribution in [0.5, 0.6) is 0 Å². The second-order valence-corrected chi connectivity index (χ2v) is 6.18. The van der Waals surface area contributed by atoms with Gasteiger partial charge in [-0.1, -0.05) is 0 Å². The molecule has 8 heteroatoms. The molecule has 0 saturated carbocycles. The molecule has 1 aromatic heterocycles. The summed E-state index contributed by atoms with van der Waals surface area (Å²) in [4.78, 5) is 10.8. The fraction of sp³-hybridized carbons (Fsp3) is 0.600. The average Bonchev–Trinajstić information content (AvgIpc) is 2.36. The fourth-order valence-corrected chi connectivity index (χ4v) is 3.88. The van der Waals surface area contributed by atoms with Crippen LogP contribution >= 0.6 is 0 Å². The summed E-state index contributed by atoms with van der Waals surface area (Å²) >= 11 is 0. The van der Waals surface area contributed by atoms with E-state index in [0.29, 0.717) is 24.5 Å². The van der Waals surface area contributed by atoms with Crippen molar-refractivity contribution in [3.05, 3.63) is 11.4 Å². The standard InChI is InChI=1S/C10H15N3O4S/c1-7-10(18(16,17)12-4-3-5-12)8(2)13(11-7)6-9(14)15/h3-6H2,1-2H3,(H,14,15). The molecule has 2 heterocycles. The molecule has 0 unspecified atom stereocenters. The molecular weight excluding hydrogens is 258 g/mol. The Morgan fingerprint density at radius 1 is 1.39 bits per heavy atom. The fourth-order valence-electron chi connectivity index (χ4n) is 1.99. The zero-order chi connectivity index (χ0) is 13.5. The summed E-state index contributed by atoms with van der Waals surface area (Å²) in [7, 11) is -3.52. The van der Waals surface area contributed by atoms with Crippen LogP contribution in [0, 0.1) is 13.8 Å². The Labute approximate surface area is 105 Å². The van der Waals surface area contributed by atoms with E-state index in [1.165, 1.54) is 8.99 Å². The topological polar surface area (TPSA) is 92.5 Å². The zero-order valence-electron chi connectivity index (χ0n) is 10.3. The van der Waals surface area contributed by atoms with Gasteiger partial charge in [0.1, 0.15) is 11.4 Å². The monoisotopic (exact) mass is 273 g/mol. The molecule has 7 nitrogen and oxygen atoms in total. The minimum atomic E-state index is -3.52. The summed E-state index contributed by atoms with van der Waals surface area (Å²) < 4.78 is 27.2. The second kappa shape index (κ2) is 4.36. The molecule has 1 N–H and O–H groups in total. The third-order valence-electron chi connectivity index (χ3n) is 3.01. The molecule has 2 rings (SSSR count). The molecule has 0 spiro atoms. The maximum Gasteiger partial charge on any atom is 0.325 e. The molecule has 1 aliphatic rings. The highest BCUT2D eigenvalue weighted by Gasteiger charge is 2.34. The van der Waals surface area contributed by atoms with Gasteiger partial charge in [-0.15, -0.1) is 0 Å². The lowest BCUT2D eigenvalue weighted by Crippen LogP contribution is -2.42. The molecule has 1 aliphatic heterocycles. The molecule has 1 saturated heterocycles. The Hall–Kier alpha value is -1.41.